The number of phenols is 1. The van der Waals surface area contributed by atoms with Crippen LogP contribution in [-0.4, -0.2) is 41.5 Å². The minimum absolute atomic E-state index is 0.0492. The Balaban J connectivity index is 1.60. The molecule has 3 N–H and O–H groups in total. The zero-order valence-electron chi connectivity index (χ0n) is 16.8. The molecule has 0 unspecified atom stereocenters. The van der Waals surface area contributed by atoms with E-state index in [1.165, 1.54) is 18.1 Å². The zero-order valence-corrected chi connectivity index (χ0v) is 16.8. The lowest BCUT2D eigenvalue weighted by molar-refractivity contribution is -0.137. The molecule has 1 heterocycles. The van der Waals surface area contributed by atoms with E-state index in [0.29, 0.717) is 27.9 Å². The third-order valence-corrected chi connectivity index (χ3v) is 5.22. The van der Waals surface area contributed by atoms with Crippen LogP contribution in [0, 0.1) is 0 Å². The third-order valence-electron chi connectivity index (χ3n) is 5.22. The minimum Gasteiger partial charge on any atom is -0.506 e. The van der Waals surface area contributed by atoms with Gasteiger partial charge in [-0.25, -0.2) is 0 Å². The second kappa shape index (κ2) is 8.35. The summed E-state index contributed by atoms with van der Waals surface area (Å²) in [5.41, 5.74) is 1.24. The number of likely N-dealkylation sites (tertiary alicyclic amines) is 1. The van der Waals surface area contributed by atoms with Gasteiger partial charge in [-0.1, -0.05) is 30.3 Å². The molecule has 1 aliphatic heterocycles. The molecule has 0 aliphatic carbocycles. The quantitative estimate of drug-likeness (QED) is 0.529. The van der Waals surface area contributed by atoms with Crippen molar-refractivity contribution in [3.63, 3.8) is 0 Å². The number of nitrogens with zero attached hydrogens (tertiary/aromatic N) is 1. The number of para-hydroxylation sites is 2. The summed E-state index contributed by atoms with van der Waals surface area (Å²) in [6, 6.07) is 15.4. The number of carbonyl (C=O) groups excluding carboxylic acids is 3. The summed E-state index contributed by atoms with van der Waals surface area (Å²) >= 11 is 0. The first kappa shape index (κ1) is 20.2. The summed E-state index contributed by atoms with van der Waals surface area (Å²) in [4.78, 5) is 37.6. The van der Waals surface area contributed by atoms with Crippen LogP contribution in [0.5, 0.6) is 11.5 Å². The fourth-order valence-corrected chi connectivity index (χ4v) is 3.58. The summed E-state index contributed by atoms with van der Waals surface area (Å²) in [5, 5.41) is 17.7. The van der Waals surface area contributed by atoms with Gasteiger partial charge in [-0.05, 0) is 24.3 Å². The van der Waals surface area contributed by atoms with Crippen LogP contribution in [0.1, 0.15) is 23.2 Å². The van der Waals surface area contributed by atoms with E-state index in [1.54, 1.807) is 48.5 Å². The van der Waals surface area contributed by atoms with Crippen LogP contribution in [0.25, 0.3) is 10.8 Å². The van der Waals surface area contributed by atoms with Gasteiger partial charge in [-0.3, -0.25) is 19.3 Å². The molecule has 1 fully saturated rings. The summed E-state index contributed by atoms with van der Waals surface area (Å²) in [6.45, 7) is 0.0492. The largest absolute Gasteiger partial charge is 0.506 e. The first-order chi connectivity index (χ1) is 15.0. The van der Waals surface area contributed by atoms with E-state index in [0.717, 1.165) is 0 Å². The molecule has 1 aliphatic rings. The lowest BCUT2D eigenvalue weighted by Crippen LogP contribution is -2.33. The molecule has 0 aromatic heterocycles. The SMILES string of the molecule is COc1ccccc1NC(=O)c1ccc2c(NCN3C(=O)CCC3=O)cccc2c1O. The second-order valence-corrected chi connectivity index (χ2v) is 7.07. The summed E-state index contributed by atoms with van der Waals surface area (Å²) in [6.07, 6.45) is 0.447. The van der Waals surface area contributed by atoms with Crippen LogP contribution < -0.4 is 15.4 Å². The van der Waals surface area contributed by atoms with Crippen molar-refractivity contribution in [2.45, 2.75) is 12.8 Å². The first-order valence-electron chi connectivity index (χ1n) is 9.75. The van der Waals surface area contributed by atoms with Crippen molar-refractivity contribution in [1.82, 2.24) is 4.90 Å². The van der Waals surface area contributed by atoms with Crippen molar-refractivity contribution in [2.24, 2.45) is 0 Å². The molecule has 8 heteroatoms. The van der Waals surface area contributed by atoms with Gasteiger partial charge in [-0.2, -0.15) is 0 Å². The number of nitrogens with one attached hydrogen (secondary N) is 2. The topological polar surface area (TPSA) is 108 Å². The van der Waals surface area contributed by atoms with Crippen LogP contribution in [0.15, 0.2) is 54.6 Å². The number of imide groups is 1. The number of phenolic OH excluding ortho intramolecular Hbond substituents is 1. The molecular formula is C23H21N3O5. The van der Waals surface area contributed by atoms with Crippen LogP contribution in [0.2, 0.25) is 0 Å². The highest BCUT2D eigenvalue weighted by Crippen LogP contribution is 2.34. The molecule has 8 nitrogen and oxygen atoms in total. The molecule has 0 spiro atoms. The molecule has 0 radical (unpaired) electrons. The monoisotopic (exact) mass is 419 g/mol. The van der Waals surface area contributed by atoms with E-state index in [9.17, 15) is 19.5 Å². The fourth-order valence-electron chi connectivity index (χ4n) is 3.58. The van der Waals surface area contributed by atoms with E-state index >= 15 is 0 Å². The summed E-state index contributed by atoms with van der Waals surface area (Å²) < 4.78 is 5.25. The number of hydrogen-bond donors (Lipinski definition) is 3. The van der Waals surface area contributed by atoms with Crippen molar-refractivity contribution < 1.29 is 24.2 Å². The maximum atomic E-state index is 12.8. The van der Waals surface area contributed by atoms with Gasteiger partial charge in [0.1, 0.15) is 11.5 Å². The maximum absolute atomic E-state index is 12.8. The Kier molecular flexibility index (Phi) is 5.44. The first-order valence-corrected chi connectivity index (χ1v) is 9.75. The molecule has 3 aromatic carbocycles. The zero-order chi connectivity index (χ0) is 22.0. The van der Waals surface area contributed by atoms with Gasteiger partial charge in [0.2, 0.25) is 11.8 Å². The van der Waals surface area contributed by atoms with E-state index < -0.39 is 5.91 Å². The Morgan fingerprint density at radius 3 is 2.42 bits per heavy atom. The van der Waals surface area contributed by atoms with Gasteiger partial charge >= 0.3 is 0 Å². The molecule has 3 amide bonds. The summed E-state index contributed by atoms with van der Waals surface area (Å²) in [7, 11) is 1.51. The average Bonchev–Trinajstić information content (AvgIpc) is 3.10. The van der Waals surface area contributed by atoms with Gasteiger partial charge < -0.3 is 20.5 Å². The molecule has 0 bridgehead atoms. The highest BCUT2D eigenvalue weighted by Gasteiger charge is 2.28. The van der Waals surface area contributed by atoms with Gasteiger partial charge in [-0.15, -0.1) is 0 Å². The van der Waals surface area contributed by atoms with Crippen LogP contribution in [0.3, 0.4) is 0 Å². The Morgan fingerprint density at radius 1 is 0.968 bits per heavy atom. The molecular weight excluding hydrogens is 398 g/mol. The van der Waals surface area contributed by atoms with Crippen LogP contribution >= 0.6 is 0 Å². The number of rotatable bonds is 6. The average molecular weight is 419 g/mol. The Hall–Kier alpha value is -4.07. The van der Waals surface area contributed by atoms with Crippen molar-refractivity contribution in [1.29, 1.82) is 0 Å². The molecule has 3 aromatic rings. The van der Waals surface area contributed by atoms with Crippen molar-refractivity contribution in [3.05, 3.63) is 60.2 Å². The minimum atomic E-state index is -0.476. The number of anilines is 2. The highest BCUT2D eigenvalue weighted by atomic mass is 16.5. The number of carbonyl (C=O) groups is 3. The van der Waals surface area contributed by atoms with E-state index in [-0.39, 0.29) is 42.6 Å². The molecule has 4 rings (SSSR count). The fraction of sp³-hybridized carbons (Fsp3) is 0.174. The Labute approximate surface area is 178 Å². The second-order valence-electron chi connectivity index (χ2n) is 7.07. The maximum Gasteiger partial charge on any atom is 0.259 e. The molecule has 0 saturated carbocycles. The van der Waals surface area contributed by atoms with E-state index in [4.69, 9.17) is 4.74 Å². The normalized spacial score (nSPS) is 13.5. The third kappa shape index (κ3) is 3.87. The summed E-state index contributed by atoms with van der Waals surface area (Å²) in [5.74, 6) is -0.558. The van der Waals surface area contributed by atoms with Gasteiger partial charge in [0.05, 0.1) is 25.0 Å². The standard InChI is InChI=1S/C23H21N3O5/c1-31-19-8-3-2-6-18(19)25-23(30)16-10-9-14-15(22(16)29)5-4-7-17(14)24-13-26-20(27)11-12-21(26)28/h2-10,24,29H,11-13H2,1H3,(H,25,30). The Morgan fingerprint density at radius 2 is 1.68 bits per heavy atom. The number of amides is 3. The number of benzene rings is 3. The number of fused-ring (bicyclic) bond motifs is 1. The predicted molar refractivity (Wildman–Crippen MR) is 116 cm³/mol. The van der Waals surface area contributed by atoms with Crippen molar-refractivity contribution in [3.8, 4) is 11.5 Å². The molecule has 0 atom stereocenters. The number of aromatic hydroxyl groups is 1. The van der Waals surface area contributed by atoms with Crippen molar-refractivity contribution in [2.75, 3.05) is 24.4 Å². The van der Waals surface area contributed by atoms with E-state index in [1.807, 2.05) is 0 Å². The van der Waals surface area contributed by atoms with Crippen LogP contribution in [-0.2, 0) is 9.59 Å². The lowest BCUT2D eigenvalue weighted by atomic mass is 10.0. The smallest absolute Gasteiger partial charge is 0.259 e. The predicted octanol–water partition coefficient (Wildman–Crippen LogP) is 3.32. The van der Waals surface area contributed by atoms with Crippen molar-refractivity contribution >= 4 is 39.9 Å². The number of ether oxygens (including phenoxy) is 1. The Bertz CT molecular complexity index is 1180. The number of hydrogen-bond acceptors (Lipinski definition) is 6. The van der Waals surface area contributed by atoms with Gasteiger partial charge in [0.25, 0.3) is 5.91 Å². The van der Waals surface area contributed by atoms with Crippen LogP contribution in [0.4, 0.5) is 11.4 Å². The van der Waals surface area contributed by atoms with Gasteiger partial charge in [0.15, 0.2) is 0 Å². The highest BCUT2D eigenvalue weighted by molar-refractivity contribution is 6.11. The molecule has 1 saturated heterocycles. The molecule has 158 valence electrons. The van der Waals surface area contributed by atoms with Gasteiger partial charge in [0, 0.05) is 29.3 Å². The lowest BCUT2D eigenvalue weighted by Gasteiger charge is -2.17. The molecule has 31 heavy (non-hydrogen) atoms. The number of methoxy groups -OCH3 is 1. The van der Waals surface area contributed by atoms with E-state index in [2.05, 4.69) is 10.6 Å².